The van der Waals surface area contributed by atoms with Crippen molar-refractivity contribution in [2.24, 2.45) is 5.41 Å². The zero-order valence-electron chi connectivity index (χ0n) is 11.4. The molecule has 0 bridgehead atoms. The fraction of sp³-hybridized carbons (Fsp3) is 0.769. The SMILES string of the molecule is CCC(C)(CC#N)Cc1nc(C2CSCCO2)no1. The lowest BCUT2D eigenvalue weighted by Gasteiger charge is -2.22. The predicted octanol–water partition coefficient (Wildman–Crippen LogP) is 2.75. The summed E-state index contributed by atoms with van der Waals surface area (Å²) in [7, 11) is 0. The maximum atomic E-state index is 8.88. The zero-order valence-corrected chi connectivity index (χ0v) is 12.2. The van der Waals surface area contributed by atoms with Crippen LogP contribution >= 0.6 is 11.8 Å². The van der Waals surface area contributed by atoms with E-state index in [2.05, 4.69) is 30.1 Å². The lowest BCUT2D eigenvalue weighted by Crippen LogP contribution is -2.19. The third kappa shape index (κ3) is 3.71. The van der Waals surface area contributed by atoms with Gasteiger partial charge >= 0.3 is 0 Å². The Hall–Kier alpha value is -1.06. The van der Waals surface area contributed by atoms with Crippen molar-refractivity contribution in [2.45, 2.75) is 39.2 Å². The van der Waals surface area contributed by atoms with Crippen LogP contribution in [0.2, 0.25) is 0 Å². The van der Waals surface area contributed by atoms with Crippen LogP contribution in [-0.2, 0) is 11.2 Å². The normalized spacial score (nSPS) is 22.7. The summed E-state index contributed by atoms with van der Waals surface area (Å²) in [5.74, 6) is 3.14. The number of rotatable bonds is 5. The Kier molecular flexibility index (Phi) is 4.83. The van der Waals surface area contributed by atoms with Crippen LogP contribution in [0, 0.1) is 16.7 Å². The van der Waals surface area contributed by atoms with Gasteiger partial charge < -0.3 is 9.26 Å². The van der Waals surface area contributed by atoms with Crippen molar-refractivity contribution in [1.82, 2.24) is 10.1 Å². The molecule has 0 aliphatic carbocycles. The van der Waals surface area contributed by atoms with Gasteiger partial charge in [0.2, 0.25) is 11.7 Å². The summed E-state index contributed by atoms with van der Waals surface area (Å²) in [6, 6.07) is 2.23. The minimum absolute atomic E-state index is 0.0555. The Morgan fingerprint density at radius 1 is 1.58 bits per heavy atom. The van der Waals surface area contributed by atoms with E-state index in [-0.39, 0.29) is 11.5 Å². The van der Waals surface area contributed by atoms with Crippen LogP contribution in [0.5, 0.6) is 0 Å². The fourth-order valence-electron chi connectivity index (χ4n) is 1.98. The molecular weight excluding hydrogens is 262 g/mol. The Labute approximate surface area is 117 Å². The average Bonchev–Trinajstić information content (AvgIpc) is 2.88. The molecule has 1 aliphatic rings. The molecule has 6 heteroatoms. The zero-order chi connectivity index (χ0) is 13.7. The Balaban J connectivity index is 2.02. The van der Waals surface area contributed by atoms with Crippen molar-refractivity contribution in [1.29, 1.82) is 5.26 Å². The molecule has 0 amide bonds. The number of hydrogen-bond acceptors (Lipinski definition) is 6. The van der Waals surface area contributed by atoms with E-state index in [0.29, 0.717) is 24.6 Å². The summed E-state index contributed by atoms with van der Waals surface area (Å²) in [5.41, 5.74) is -0.0965. The summed E-state index contributed by atoms with van der Waals surface area (Å²) in [5, 5.41) is 12.9. The first-order valence-electron chi connectivity index (χ1n) is 6.55. The van der Waals surface area contributed by atoms with Crippen LogP contribution < -0.4 is 0 Å². The predicted molar refractivity (Wildman–Crippen MR) is 72.6 cm³/mol. The summed E-state index contributed by atoms with van der Waals surface area (Å²) in [6.07, 6.45) is 2.00. The van der Waals surface area contributed by atoms with Gasteiger partial charge in [0.05, 0.1) is 12.7 Å². The van der Waals surface area contributed by atoms with E-state index in [1.807, 2.05) is 11.8 Å². The van der Waals surface area contributed by atoms with E-state index < -0.39 is 0 Å². The molecule has 0 N–H and O–H groups in total. The van der Waals surface area contributed by atoms with E-state index in [1.54, 1.807) is 0 Å². The molecule has 1 saturated heterocycles. The summed E-state index contributed by atoms with van der Waals surface area (Å²) in [4.78, 5) is 4.42. The Morgan fingerprint density at radius 2 is 2.42 bits per heavy atom. The highest BCUT2D eigenvalue weighted by Gasteiger charge is 2.27. The van der Waals surface area contributed by atoms with Crippen molar-refractivity contribution in [2.75, 3.05) is 18.1 Å². The molecule has 0 saturated carbocycles. The van der Waals surface area contributed by atoms with E-state index in [4.69, 9.17) is 14.5 Å². The number of nitriles is 1. The van der Waals surface area contributed by atoms with Gasteiger partial charge in [-0.2, -0.15) is 22.0 Å². The number of aromatic nitrogens is 2. The smallest absolute Gasteiger partial charge is 0.227 e. The van der Waals surface area contributed by atoms with E-state index in [9.17, 15) is 0 Å². The van der Waals surface area contributed by atoms with Crippen LogP contribution in [0.25, 0.3) is 0 Å². The highest BCUT2D eigenvalue weighted by molar-refractivity contribution is 7.99. The molecule has 1 aromatic heterocycles. The van der Waals surface area contributed by atoms with E-state index in [1.165, 1.54) is 0 Å². The number of hydrogen-bond donors (Lipinski definition) is 0. The second kappa shape index (κ2) is 6.40. The molecule has 104 valence electrons. The third-order valence-electron chi connectivity index (χ3n) is 3.53. The first kappa shape index (κ1) is 14.4. The molecule has 1 fully saturated rings. The third-order valence-corrected chi connectivity index (χ3v) is 4.52. The highest BCUT2D eigenvalue weighted by atomic mass is 32.2. The van der Waals surface area contributed by atoms with Crippen LogP contribution in [0.15, 0.2) is 4.52 Å². The lowest BCUT2D eigenvalue weighted by atomic mass is 9.81. The summed E-state index contributed by atoms with van der Waals surface area (Å²) in [6.45, 7) is 4.89. The second-order valence-electron chi connectivity index (χ2n) is 5.16. The van der Waals surface area contributed by atoms with Gasteiger partial charge in [0.15, 0.2) is 0 Å². The van der Waals surface area contributed by atoms with Crippen molar-refractivity contribution in [3.63, 3.8) is 0 Å². The molecule has 2 atom stereocenters. The topological polar surface area (TPSA) is 71.9 Å². The molecule has 0 aromatic carbocycles. The first-order chi connectivity index (χ1) is 9.17. The standard InChI is InChI=1S/C13H19N3O2S/c1-3-13(2,4-5-14)8-11-15-12(16-18-11)10-9-19-7-6-17-10/h10H,3-4,6-9H2,1-2H3. The Bertz CT molecular complexity index is 451. The molecule has 5 nitrogen and oxygen atoms in total. The van der Waals surface area contributed by atoms with Gasteiger partial charge in [-0.05, 0) is 11.8 Å². The fourth-order valence-corrected chi connectivity index (χ4v) is 2.82. The quantitative estimate of drug-likeness (QED) is 0.826. The molecule has 19 heavy (non-hydrogen) atoms. The maximum absolute atomic E-state index is 8.88. The Morgan fingerprint density at radius 3 is 3.05 bits per heavy atom. The summed E-state index contributed by atoms with van der Waals surface area (Å²) < 4.78 is 10.9. The molecule has 2 unspecified atom stereocenters. The minimum Gasteiger partial charge on any atom is -0.368 e. The van der Waals surface area contributed by atoms with Crippen molar-refractivity contribution < 1.29 is 9.26 Å². The van der Waals surface area contributed by atoms with Crippen molar-refractivity contribution in [3.05, 3.63) is 11.7 Å². The van der Waals surface area contributed by atoms with Gasteiger partial charge in [-0.1, -0.05) is 19.0 Å². The van der Waals surface area contributed by atoms with Crippen molar-refractivity contribution >= 4 is 11.8 Å². The van der Waals surface area contributed by atoms with Gasteiger partial charge in [0.25, 0.3) is 0 Å². The number of nitrogens with zero attached hydrogens (tertiary/aromatic N) is 3. The molecule has 1 aliphatic heterocycles. The van der Waals surface area contributed by atoms with Crippen LogP contribution in [0.1, 0.15) is 44.5 Å². The van der Waals surface area contributed by atoms with Crippen LogP contribution in [-0.4, -0.2) is 28.3 Å². The highest BCUT2D eigenvalue weighted by Crippen LogP contribution is 2.30. The summed E-state index contributed by atoms with van der Waals surface area (Å²) >= 11 is 1.84. The average molecular weight is 281 g/mol. The van der Waals surface area contributed by atoms with Crippen LogP contribution in [0.4, 0.5) is 0 Å². The second-order valence-corrected chi connectivity index (χ2v) is 6.31. The largest absolute Gasteiger partial charge is 0.368 e. The number of thioether (sulfide) groups is 1. The lowest BCUT2D eigenvalue weighted by molar-refractivity contribution is 0.0677. The van der Waals surface area contributed by atoms with Gasteiger partial charge in [0.1, 0.15) is 6.10 Å². The maximum Gasteiger partial charge on any atom is 0.227 e. The molecule has 2 rings (SSSR count). The molecule has 0 radical (unpaired) electrons. The number of ether oxygens (including phenoxy) is 1. The van der Waals surface area contributed by atoms with Gasteiger partial charge in [-0.25, -0.2) is 0 Å². The molecule has 0 spiro atoms. The van der Waals surface area contributed by atoms with Crippen LogP contribution in [0.3, 0.4) is 0 Å². The van der Waals surface area contributed by atoms with Gasteiger partial charge in [0, 0.05) is 24.3 Å². The monoisotopic (exact) mass is 281 g/mol. The van der Waals surface area contributed by atoms with Crippen molar-refractivity contribution in [3.8, 4) is 6.07 Å². The van der Waals surface area contributed by atoms with E-state index in [0.717, 1.165) is 24.5 Å². The first-order valence-corrected chi connectivity index (χ1v) is 7.71. The molecule has 2 heterocycles. The molecular formula is C13H19N3O2S. The van der Waals surface area contributed by atoms with E-state index >= 15 is 0 Å². The molecule has 1 aromatic rings. The minimum atomic E-state index is -0.0965. The van der Waals surface area contributed by atoms with Gasteiger partial charge in [-0.3, -0.25) is 0 Å². The van der Waals surface area contributed by atoms with Gasteiger partial charge in [-0.15, -0.1) is 0 Å².